The van der Waals surface area contributed by atoms with E-state index in [4.69, 9.17) is 14.9 Å². The van der Waals surface area contributed by atoms with Crippen LogP contribution in [0.2, 0.25) is 0 Å². The molecule has 0 amide bonds. The molecule has 0 aromatic heterocycles. The lowest BCUT2D eigenvalue weighted by molar-refractivity contribution is 0.00682. The van der Waals surface area contributed by atoms with Crippen molar-refractivity contribution in [2.75, 3.05) is 20.3 Å². The van der Waals surface area contributed by atoms with E-state index in [-0.39, 0.29) is 6.61 Å². The summed E-state index contributed by atoms with van der Waals surface area (Å²) in [5.74, 6) is 0.888. The van der Waals surface area contributed by atoms with Crippen LogP contribution in [0.3, 0.4) is 0 Å². The van der Waals surface area contributed by atoms with Gasteiger partial charge < -0.3 is 14.9 Å². The second-order valence-electron chi connectivity index (χ2n) is 3.13. The third kappa shape index (κ3) is 11.9. The first-order valence-electron chi connectivity index (χ1n) is 4.87. The minimum Gasteiger partial charge on any atom is -0.400 e. The van der Waals surface area contributed by atoms with E-state index in [1.165, 1.54) is 12.8 Å². The van der Waals surface area contributed by atoms with Gasteiger partial charge in [0.1, 0.15) is 0 Å². The van der Waals surface area contributed by atoms with Gasteiger partial charge in [-0.1, -0.05) is 6.92 Å². The second-order valence-corrected chi connectivity index (χ2v) is 3.13. The Bertz CT molecular complexity index is 78.2. The molecule has 0 saturated carbocycles. The van der Waals surface area contributed by atoms with Crippen LogP contribution in [0.5, 0.6) is 0 Å². The zero-order chi connectivity index (χ0) is 10.7. The molecule has 0 aromatic rings. The van der Waals surface area contributed by atoms with Gasteiger partial charge in [-0.25, -0.2) is 0 Å². The molecular formula is C10H24O3. The predicted octanol–water partition coefficient (Wildman–Crippen LogP) is 1.43. The first-order valence-corrected chi connectivity index (χ1v) is 4.87. The van der Waals surface area contributed by atoms with Gasteiger partial charge in [0.2, 0.25) is 0 Å². The fourth-order valence-corrected chi connectivity index (χ4v) is 1.22. The van der Waals surface area contributed by atoms with Crippen molar-refractivity contribution in [1.29, 1.82) is 0 Å². The smallest absolute Gasteiger partial charge is 0.0549 e. The maximum atomic E-state index is 7.57. The van der Waals surface area contributed by atoms with Crippen molar-refractivity contribution in [2.24, 2.45) is 5.92 Å². The van der Waals surface area contributed by atoms with Crippen molar-refractivity contribution in [3.05, 3.63) is 0 Å². The van der Waals surface area contributed by atoms with E-state index in [0.29, 0.717) is 6.10 Å². The van der Waals surface area contributed by atoms with Crippen molar-refractivity contribution in [3.63, 3.8) is 0 Å². The minimum atomic E-state index is 0.250. The maximum absolute atomic E-state index is 7.57. The van der Waals surface area contributed by atoms with Crippen LogP contribution >= 0.6 is 0 Å². The van der Waals surface area contributed by atoms with Gasteiger partial charge >= 0.3 is 0 Å². The number of rotatable bonds is 0. The molecule has 1 aliphatic rings. The standard InChI is InChI=1S/C7H14O.C2H6O.CH4O/c1-6-3-4-8-7(2)5-6;1-2-3;1-2/h6-7H,3-5H2,1-2H3;3H,2H2,1H3;2H,1H3. The number of aliphatic hydroxyl groups is 2. The lowest BCUT2D eigenvalue weighted by Gasteiger charge is -2.23. The molecule has 0 radical (unpaired) electrons. The largest absolute Gasteiger partial charge is 0.400 e. The Morgan fingerprint density at radius 1 is 1.31 bits per heavy atom. The molecule has 1 aliphatic heterocycles. The van der Waals surface area contributed by atoms with Gasteiger partial charge in [-0.3, -0.25) is 0 Å². The zero-order valence-electron chi connectivity index (χ0n) is 9.29. The van der Waals surface area contributed by atoms with E-state index in [9.17, 15) is 0 Å². The molecule has 0 aromatic carbocycles. The second kappa shape index (κ2) is 11.9. The van der Waals surface area contributed by atoms with E-state index in [1.54, 1.807) is 6.92 Å². The van der Waals surface area contributed by atoms with Crippen LogP contribution in [0.25, 0.3) is 0 Å². The first-order chi connectivity index (χ1) is 6.20. The quantitative estimate of drug-likeness (QED) is 0.610. The highest BCUT2D eigenvalue weighted by Gasteiger charge is 2.13. The van der Waals surface area contributed by atoms with Crippen LogP contribution in [0, 0.1) is 5.92 Å². The number of hydrogen-bond acceptors (Lipinski definition) is 3. The normalized spacial score (nSPS) is 26.3. The van der Waals surface area contributed by atoms with Crippen molar-refractivity contribution >= 4 is 0 Å². The van der Waals surface area contributed by atoms with Gasteiger partial charge in [-0.15, -0.1) is 0 Å². The molecular weight excluding hydrogens is 168 g/mol. The molecule has 2 unspecified atom stereocenters. The average molecular weight is 192 g/mol. The van der Waals surface area contributed by atoms with Gasteiger partial charge in [0.05, 0.1) is 6.10 Å². The molecule has 0 spiro atoms. The van der Waals surface area contributed by atoms with Crippen LogP contribution in [0.1, 0.15) is 33.6 Å². The summed E-state index contributed by atoms with van der Waals surface area (Å²) in [7, 11) is 1.00. The third-order valence-electron chi connectivity index (χ3n) is 1.75. The van der Waals surface area contributed by atoms with Gasteiger partial charge in [0.15, 0.2) is 0 Å². The Kier molecular flexibility index (Phi) is 14.0. The van der Waals surface area contributed by atoms with E-state index < -0.39 is 0 Å². The van der Waals surface area contributed by atoms with E-state index in [1.807, 2.05) is 0 Å². The van der Waals surface area contributed by atoms with Crippen molar-refractivity contribution in [3.8, 4) is 0 Å². The zero-order valence-corrected chi connectivity index (χ0v) is 9.29. The van der Waals surface area contributed by atoms with Crippen LogP contribution < -0.4 is 0 Å². The van der Waals surface area contributed by atoms with Crippen LogP contribution in [0.15, 0.2) is 0 Å². The fourth-order valence-electron chi connectivity index (χ4n) is 1.22. The van der Waals surface area contributed by atoms with Crippen molar-refractivity contribution in [1.82, 2.24) is 0 Å². The lowest BCUT2D eigenvalue weighted by atomic mass is 9.99. The fraction of sp³-hybridized carbons (Fsp3) is 1.00. The highest BCUT2D eigenvalue weighted by molar-refractivity contribution is 4.63. The molecule has 1 heterocycles. The summed E-state index contributed by atoms with van der Waals surface area (Å²) in [6.07, 6.45) is 3.02. The third-order valence-corrected chi connectivity index (χ3v) is 1.75. The molecule has 13 heavy (non-hydrogen) atoms. The Balaban J connectivity index is 0. The summed E-state index contributed by atoms with van der Waals surface area (Å²) in [6.45, 7) is 7.34. The lowest BCUT2D eigenvalue weighted by Crippen LogP contribution is -2.20. The van der Waals surface area contributed by atoms with Gasteiger partial charge in [0, 0.05) is 20.3 Å². The number of hydrogen-bond donors (Lipinski definition) is 2. The van der Waals surface area contributed by atoms with Gasteiger partial charge in [-0.05, 0) is 32.6 Å². The van der Waals surface area contributed by atoms with Crippen LogP contribution in [-0.4, -0.2) is 36.6 Å². The Labute approximate surface area is 81.7 Å². The maximum Gasteiger partial charge on any atom is 0.0549 e. The van der Waals surface area contributed by atoms with Crippen molar-refractivity contribution < 1.29 is 14.9 Å². The molecule has 3 nitrogen and oxygen atoms in total. The molecule has 2 N–H and O–H groups in total. The Morgan fingerprint density at radius 3 is 2.00 bits per heavy atom. The monoisotopic (exact) mass is 192 g/mol. The topological polar surface area (TPSA) is 49.7 Å². The van der Waals surface area contributed by atoms with Crippen LogP contribution in [0.4, 0.5) is 0 Å². The Hall–Kier alpha value is -0.120. The summed E-state index contributed by atoms with van der Waals surface area (Å²) in [5.41, 5.74) is 0. The van der Waals surface area contributed by atoms with Gasteiger partial charge in [0.25, 0.3) is 0 Å². The number of aliphatic hydroxyl groups excluding tert-OH is 2. The molecule has 82 valence electrons. The molecule has 2 atom stereocenters. The van der Waals surface area contributed by atoms with E-state index in [0.717, 1.165) is 19.6 Å². The molecule has 1 fully saturated rings. The molecule has 0 bridgehead atoms. The van der Waals surface area contributed by atoms with Gasteiger partial charge in [-0.2, -0.15) is 0 Å². The minimum absolute atomic E-state index is 0.250. The van der Waals surface area contributed by atoms with Crippen molar-refractivity contribution in [2.45, 2.75) is 39.7 Å². The molecule has 1 rings (SSSR count). The molecule has 0 aliphatic carbocycles. The summed E-state index contributed by atoms with van der Waals surface area (Å²) in [6, 6.07) is 0. The highest BCUT2D eigenvalue weighted by Crippen LogP contribution is 2.18. The summed E-state index contributed by atoms with van der Waals surface area (Å²) >= 11 is 0. The highest BCUT2D eigenvalue weighted by atomic mass is 16.5. The van der Waals surface area contributed by atoms with Crippen LogP contribution in [-0.2, 0) is 4.74 Å². The Morgan fingerprint density at radius 2 is 1.77 bits per heavy atom. The first kappa shape index (κ1) is 15.4. The SMILES string of the molecule is CC1CCOC(C)C1.CCO.CO. The molecule has 1 saturated heterocycles. The predicted molar refractivity (Wildman–Crippen MR) is 54.7 cm³/mol. The van der Waals surface area contributed by atoms with E-state index in [2.05, 4.69) is 13.8 Å². The molecule has 3 heteroatoms. The summed E-state index contributed by atoms with van der Waals surface area (Å²) in [4.78, 5) is 0. The summed E-state index contributed by atoms with van der Waals surface area (Å²) in [5, 5.41) is 14.6. The average Bonchev–Trinajstić information content (AvgIpc) is 2.08. The summed E-state index contributed by atoms with van der Waals surface area (Å²) < 4.78 is 5.35. The van der Waals surface area contributed by atoms with E-state index >= 15 is 0 Å². The number of ether oxygens (including phenoxy) is 1.